The first kappa shape index (κ1) is 15.6. The average molecular weight is 303 g/mol. The summed E-state index contributed by atoms with van der Waals surface area (Å²) in [6.45, 7) is 1.53. The maximum Gasteiger partial charge on any atom is 0.417 e. The molecule has 1 aromatic rings. The van der Waals surface area contributed by atoms with Gasteiger partial charge >= 0.3 is 12.1 Å². The Labute approximate surface area is 120 Å². The number of carbonyl (C=O) groups is 1. The van der Waals surface area contributed by atoms with Crippen LogP contribution in [0.2, 0.25) is 0 Å². The molecule has 1 saturated carbocycles. The van der Waals surface area contributed by atoms with E-state index in [-0.39, 0.29) is 24.5 Å². The van der Waals surface area contributed by atoms with Crippen LogP contribution < -0.4 is 10.5 Å². The van der Waals surface area contributed by atoms with Gasteiger partial charge < -0.3 is 15.2 Å². The second-order valence-electron chi connectivity index (χ2n) is 4.90. The molecule has 0 unspecified atom stereocenters. The highest BCUT2D eigenvalue weighted by molar-refractivity contribution is 5.91. The van der Waals surface area contributed by atoms with Crippen molar-refractivity contribution in [2.24, 2.45) is 5.73 Å². The summed E-state index contributed by atoms with van der Waals surface area (Å²) in [6.07, 6.45) is -3.45. The summed E-state index contributed by atoms with van der Waals surface area (Å²) >= 11 is 0. The average Bonchev–Trinajstić information content (AvgIpc) is 2.36. The Morgan fingerprint density at radius 2 is 2.05 bits per heavy atom. The number of halogens is 3. The number of hydrogen-bond acceptors (Lipinski definition) is 4. The van der Waals surface area contributed by atoms with E-state index < -0.39 is 23.3 Å². The van der Waals surface area contributed by atoms with Crippen LogP contribution in [-0.2, 0) is 10.9 Å². The van der Waals surface area contributed by atoms with Gasteiger partial charge in [0.25, 0.3) is 0 Å². The molecule has 0 atom stereocenters. The number of carbonyl (C=O) groups excluding carboxylic acids is 1. The highest BCUT2D eigenvalue weighted by Gasteiger charge is 2.36. The van der Waals surface area contributed by atoms with E-state index in [1.807, 2.05) is 0 Å². The molecule has 0 aromatic heterocycles. The van der Waals surface area contributed by atoms with E-state index >= 15 is 0 Å². The van der Waals surface area contributed by atoms with Crippen molar-refractivity contribution in [1.82, 2.24) is 0 Å². The molecule has 1 aliphatic carbocycles. The number of benzene rings is 1. The fraction of sp³-hybridized carbons (Fsp3) is 0.500. The minimum atomic E-state index is -4.63. The Hall–Kier alpha value is -1.76. The van der Waals surface area contributed by atoms with Gasteiger partial charge in [-0.15, -0.1) is 0 Å². The first-order valence-corrected chi connectivity index (χ1v) is 6.62. The molecule has 1 fully saturated rings. The minimum absolute atomic E-state index is 0.00130. The molecular weight excluding hydrogens is 287 g/mol. The standard InChI is InChI=1S/C14H16F3NO3/c1-2-20-13(19)11-7-9(21-10-5-8(18)6-10)3-4-12(11)14(15,16)17/h3-4,7-8,10H,2,5-6,18H2,1H3/t8-,10-. The molecule has 2 rings (SSSR count). The van der Waals surface area contributed by atoms with Crippen LogP contribution in [0.1, 0.15) is 35.7 Å². The van der Waals surface area contributed by atoms with E-state index in [0.29, 0.717) is 12.8 Å². The van der Waals surface area contributed by atoms with Gasteiger partial charge in [-0.1, -0.05) is 0 Å². The quantitative estimate of drug-likeness (QED) is 0.869. The summed E-state index contributed by atoms with van der Waals surface area (Å²) in [5, 5.41) is 0. The van der Waals surface area contributed by atoms with Crippen molar-refractivity contribution < 1.29 is 27.4 Å². The van der Waals surface area contributed by atoms with Crippen molar-refractivity contribution in [2.45, 2.75) is 38.1 Å². The third-order valence-electron chi connectivity index (χ3n) is 3.23. The van der Waals surface area contributed by atoms with Gasteiger partial charge in [-0.25, -0.2) is 4.79 Å². The van der Waals surface area contributed by atoms with E-state index in [0.717, 1.165) is 12.1 Å². The molecule has 0 heterocycles. The van der Waals surface area contributed by atoms with Gasteiger partial charge in [0.05, 0.1) is 17.7 Å². The lowest BCUT2D eigenvalue weighted by Gasteiger charge is -2.32. The maximum atomic E-state index is 12.9. The van der Waals surface area contributed by atoms with Gasteiger partial charge in [0, 0.05) is 6.04 Å². The summed E-state index contributed by atoms with van der Waals surface area (Å²) in [4.78, 5) is 11.7. The van der Waals surface area contributed by atoms with Gasteiger partial charge in [0.15, 0.2) is 0 Å². The number of ether oxygens (including phenoxy) is 2. The molecule has 1 aliphatic rings. The summed E-state index contributed by atoms with van der Waals surface area (Å²) in [5.41, 5.74) is 4.05. The van der Waals surface area contributed by atoms with Gasteiger partial charge in [-0.2, -0.15) is 13.2 Å². The first-order chi connectivity index (χ1) is 9.81. The van der Waals surface area contributed by atoms with Crippen molar-refractivity contribution in [3.63, 3.8) is 0 Å². The van der Waals surface area contributed by atoms with Gasteiger partial charge in [-0.05, 0) is 38.0 Å². The molecule has 0 spiro atoms. The molecule has 7 heteroatoms. The van der Waals surface area contributed by atoms with E-state index in [4.69, 9.17) is 10.5 Å². The van der Waals surface area contributed by atoms with Crippen molar-refractivity contribution in [3.8, 4) is 5.75 Å². The van der Waals surface area contributed by atoms with Gasteiger partial charge in [0.1, 0.15) is 11.9 Å². The van der Waals surface area contributed by atoms with Crippen LogP contribution in [0, 0.1) is 0 Å². The molecule has 4 nitrogen and oxygen atoms in total. The lowest BCUT2D eigenvalue weighted by molar-refractivity contribution is -0.138. The third kappa shape index (κ3) is 3.66. The topological polar surface area (TPSA) is 61.5 Å². The Balaban J connectivity index is 2.25. The SMILES string of the molecule is CCOC(=O)c1cc(O[C@H]2C[C@H](N)C2)ccc1C(F)(F)F. The second kappa shape index (κ2) is 5.93. The zero-order valence-corrected chi connectivity index (χ0v) is 11.4. The number of nitrogens with two attached hydrogens (primary N) is 1. The highest BCUT2D eigenvalue weighted by atomic mass is 19.4. The molecule has 0 saturated heterocycles. The summed E-state index contributed by atoms with van der Waals surface area (Å²) in [5.74, 6) is -0.802. The normalized spacial score (nSPS) is 21.6. The summed E-state index contributed by atoms with van der Waals surface area (Å²) in [7, 11) is 0. The fourth-order valence-electron chi connectivity index (χ4n) is 2.12. The molecule has 21 heavy (non-hydrogen) atoms. The van der Waals surface area contributed by atoms with Gasteiger partial charge in [0.2, 0.25) is 0 Å². The van der Waals surface area contributed by atoms with Crippen LogP contribution in [0.3, 0.4) is 0 Å². The largest absolute Gasteiger partial charge is 0.490 e. The van der Waals surface area contributed by atoms with Crippen LogP contribution >= 0.6 is 0 Å². The molecule has 116 valence electrons. The van der Waals surface area contributed by atoms with E-state index in [1.165, 1.54) is 13.0 Å². The number of alkyl halides is 3. The Morgan fingerprint density at radius 3 is 2.57 bits per heavy atom. The Morgan fingerprint density at radius 1 is 1.38 bits per heavy atom. The third-order valence-corrected chi connectivity index (χ3v) is 3.23. The molecule has 2 N–H and O–H groups in total. The zero-order valence-electron chi connectivity index (χ0n) is 11.4. The summed E-state index contributed by atoms with van der Waals surface area (Å²) in [6, 6.07) is 3.18. The number of esters is 1. The Bertz CT molecular complexity index is 525. The number of hydrogen-bond donors (Lipinski definition) is 1. The van der Waals surface area contributed by atoms with Crippen LogP contribution in [0.4, 0.5) is 13.2 Å². The van der Waals surface area contributed by atoms with E-state index in [1.54, 1.807) is 0 Å². The van der Waals surface area contributed by atoms with Crippen LogP contribution in [0.5, 0.6) is 5.75 Å². The fourth-order valence-corrected chi connectivity index (χ4v) is 2.12. The van der Waals surface area contributed by atoms with Crippen molar-refractivity contribution in [3.05, 3.63) is 29.3 Å². The van der Waals surface area contributed by atoms with Crippen LogP contribution in [-0.4, -0.2) is 24.7 Å². The Kier molecular flexibility index (Phi) is 4.41. The van der Waals surface area contributed by atoms with Crippen molar-refractivity contribution in [1.29, 1.82) is 0 Å². The lowest BCUT2D eigenvalue weighted by atomic mass is 9.90. The predicted molar refractivity (Wildman–Crippen MR) is 69.0 cm³/mol. The molecule has 0 aliphatic heterocycles. The maximum absolute atomic E-state index is 12.9. The highest BCUT2D eigenvalue weighted by Crippen LogP contribution is 2.35. The molecule has 0 radical (unpaired) electrons. The van der Waals surface area contributed by atoms with Crippen molar-refractivity contribution in [2.75, 3.05) is 6.61 Å². The molecule has 0 amide bonds. The monoisotopic (exact) mass is 303 g/mol. The summed E-state index contributed by atoms with van der Waals surface area (Å²) < 4.78 is 48.9. The molecular formula is C14H16F3NO3. The predicted octanol–water partition coefficient (Wildman–Crippen LogP) is 2.75. The van der Waals surface area contributed by atoms with E-state index in [2.05, 4.69) is 4.74 Å². The van der Waals surface area contributed by atoms with Crippen molar-refractivity contribution >= 4 is 5.97 Å². The van der Waals surface area contributed by atoms with Crippen LogP contribution in [0.15, 0.2) is 18.2 Å². The molecule has 0 bridgehead atoms. The first-order valence-electron chi connectivity index (χ1n) is 6.62. The van der Waals surface area contributed by atoms with E-state index in [9.17, 15) is 18.0 Å². The van der Waals surface area contributed by atoms with Gasteiger partial charge in [-0.3, -0.25) is 0 Å². The smallest absolute Gasteiger partial charge is 0.417 e. The number of rotatable bonds is 4. The minimum Gasteiger partial charge on any atom is -0.490 e. The second-order valence-corrected chi connectivity index (χ2v) is 4.90. The zero-order chi connectivity index (χ0) is 15.6. The molecule has 1 aromatic carbocycles. The van der Waals surface area contributed by atoms with Crippen LogP contribution in [0.25, 0.3) is 0 Å². The lowest BCUT2D eigenvalue weighted by Crippen LogP contribution is -2.43.